The number of aromatic nitrogens is 2. The summed E-state index contributed by atoms with van der Waals surface area (Å²) >= 11 is 0. The van der Waals surface area contributed by atoms with Gasteiger partial charge in [-0.3, -0.25) is 4.90 Å². The number of anilines is 2. The molecular weight excluding hydrogens is 402 g/mol. The second-order valence-electron chi connectivity index (χ2n) is 8.06. The second-order valence-corrected chi connectivity index (χ2v) is 8.06. The fraction of sp³-hybridized carbons (Fsp3) is 0.571. The summed E-state index contributed by atoms with van der Waals surface area (Å²) in [7, 11) is 0. The Morgan fingerprint density at radius 2 is 1.94 bits per heavy atom. The van der Waals surface area contributed by atoms with Crippen LogP contribution in [0.4, 0.5) is 16.5 Å². The molecular formula is C21H31N5O5. The Balaban J connectivity index is 1.65. The zero-order chi connectivity index (χ0) is 22.5. The highest BCUT2D eigenvalue weighted by molar-refractivity contribution is 5.68. The summed E-state index contributed by atoms with van der Waals surface area (Å²) in [6.45, 7) is 10.8. The Morgan fingerprint density at radius 3 is 2.58 bits per heavy atom. The molecule has 0 aliphatic carbocycles. The highest BCUT2D eigenvalue weighted by Crippen LogP contribution is 2.27. The topological polar surface area (TPSA) is 124 Å². The molecule has 1 amide bonds. The summed E-state index contributed by atoms with van der Waals surface area (Å²) in [5.74, 6) is -0.0376. The number of aryl methyl sites for hydroxylation is 1. The second kappa shape index (κ2) is 10.1. The molecule has 0 spiro atoms. The fourth-order valence-corrected chi connectivity index (χ4v) is 3.45. The van der Waals surface area contributed by atoms with E-state index in [9.17, 15) is 9.90 Å². The third-order valence-electron chi connectivity index (χ3n) is 5.16. The van der Waals surface area contributed by atoms with E-state index < -0.39 is 12.7 Å². The molecule has 1 unspecified atom stereocenters. The van der Waals surface area contributed by atoms with Crippen molar-refractivity contribution in [2.45, 2.75) is 46.4 Å². The molecule has 31 heavy (non-hydrogen) atoms. The van der Waals surface area contributed by atoms with Gasteiger partial charge >= 0.3 is 12.1 Å². The minimum atomic E-state index is -1.20. The smallest absolute Gasteiger partial charge is 0.410 e. The number of carbonyl (C=O) groups is 1. The van der Waals surface area contributed by atoms with Gasteiger partial charge in [0.1, 0.15) is 0 Å². The molecule has 0 saturated carbocycles. The van der Waals surface area contributed by atoms with Crippen molar-refractivity contribution in [3.05, 3.63) is 34.7 Å². The Kier molecular flexibility index (Phi) is 7.47. The first kappa shape index (κ1) is 23.0. The van der Waals surface area contributed by atoms with E-state index in [-0.39, 0.29) is 24.1 Å². The number of hydrogen-bond acceptors (Lipinski definition) is 9. The number of aliphatic hydroxyl groups is 2. The van der Waals surface area contributed by atoms with Crippen LogP contribution < -0.4 is 5.32 Å². The molecule has 1 fully saturated rings. The highest BCUT2D eigenvalue weighted by atomic mass is 16.6. The van der Waals surface area contributed by atoms with Crippen LogP contribution in [-0.4, -0.2) is 75.2 Å². The minimum Gasteiger partial charge on any atom is -0.447 e. The molecule has 1 aromatic heterocycles. The number of hydrogen-bond donors (Lipinski definition) is 3. The quantitative estimate of drug-likeness (QED) is 0.602. The Morgan fingerprint density at radius 1 is 1.23 bits per heavy atom. The average Bonchev–Trinajstić information content (AvgIpc) is 3.19. The van der Waals surface area contributed by atoms with Crippen LogP contribution in [0.5, 0.6) is 0 Å². The predicted octanol–water partition coefficient (Wildman–Crippen LogP) is 2.12. The number of piperazine rings is 1. The summed E-state index contributed by atoms with van der Waals surface area (Å²) in [5.41, 5.74) is 4.13. The summed E-state index contributed by atoms with van der Waals surface area (Å²) in [5, 5.41) is 29.4. The van der Waals surface area contributed by atoms with Crippen LogP contribution in [-0.2, 0) is 11.3 Å². The van der Waals surface area contributed by atoms with Crippen LogP contribution in [0.25, 0.3) is 0 Å². The molecule has 2 heterocycles. The molecule has 0 bridgehead atoms. The van der Waals surface area contributed by atoms with Crippen molar-refractivity contribution in [1.29, 1.82) is 0 Å². The van der Waals surface area contributed by atoms with Crippen LogP contribution in [0.1, 0.15) is 42.5 Å². The maximum Gasteiger partial charge on any atom is 0.410 e. The van der Waals surface area contributed by atoms with Crippen LogP contribution in [0.15, 0.2) is 16.5 Å². The van der Waals surface area contributed by atoms with Gasteiger partial charge in [-0.15, -0.1) is 5.10 Å². The number of amides is 1. The third kappa shape index (κ3) is 5.93. The van der Waals surface area contributed by atoms with E-state index >= 15 is 0 Å². The Labute approximate surface area is 181 Å². The van der Waals surface area contributed by atoms with Crippen LogP contribution in [0.3, 0.4) is 0 Å². The fourth-order valence-electron chi connectivity index (χ4n) is 3.45. The number of rotatable bonds is 7. The van der Waals surface area contributed by atoms with Gasteiger partial charge in [0.15, 0.2) is 6.10 Å². The predicted molar refractivity (Wildman–Crippen MR) is 114 cm³/mol. The lowest BCUT2D eigenvalue weighted by molar-refractivity contribution is 0.0559. The average molecular weight is 434 g/mol. The largest absolute Gasteiger partial charge is 0.447 e. The van der Waals surface area contributed by atoms with E-state index in [1.54, 1.807) is 4.90 Å². The first-order chi connectivity index (χ1) is 14.8. The zero-order valence-electron chi connectivity index (χ0n) is 18.5. The zero-order valence-corrected chi connectivity index (χ0v) is 18.5. The lowest BCUT2D eigenvalue weighted by atomic mass is 10.0. The van der Waals surface area contributed by atoms with Gasteiger partial charge in [-0.25, -0.2) is 4.79 Å². The van der Waals surface area contributed by atoms with Gasteiger partial charge in [-0.1, -0.05) is 11.2 Å². The molecule has 10 heteroatoms. The van der Waals surface area contributed by atoms with Crippen molar-refractivity contribution in [2.24, 2.45) is 0 Å². The van der Waals surface area contributed by atoms with Gasteiger partial charge in [0.2, 0.25) is 5.89 Å². The van der Waals surface area contributed by atoms with Crippen LogP contribution in [0.2, 0.25) is 0 Å². The molecule has 10 nitrogen and oxygen atoms in total. The third-order valence-corrected chi connectivity index (χ3v) is 5.16. The van der Waals surface area contributed by atoms with E-state index in [1.165, 1.54) is 0 Å². The number of carbonyl (C=O) groups excluding carboxylic acids is 1. The van der Waals surface area contributed by atoms with Gasteiger partial charge < -0.3 is 29.6 Å². The lowest BCUT2D eigenvalue weighted by Gasteiger charge is -2.34. The molecule has 1 aliphatic heterocycles. The van der Waals surface area contributed by atoms with Crippen molar-refractivity contribution in [2.75, 3.05) is 38.1 Å². The van der Waals surface area contributed by atoms with Crippen LogP contribution >= 0.6 is 0 Å². The molecule has 2 aromatic rings. The van der Waals surface area contributed by atoms with Gasteiger partial charge in [-0.2, -0.15) is 0 Å². The molecule has 170 valence electrons. The van der Waals surface area contributed by atoms with Crippen molar-refractivity contribution >= 4 is 17.8 Å². The molecule has 0 radical (unpaired) electrons. The van der Waals surface area contributed by atoms with Gasteiger partial charge in [0.25, 0.3) is 0 Å². The first-order valence-electron chi connectivity index (χ1n) is 10.4. The summed E-state index contributed by atoms with van der Waals surface area (Å²) in [6, 6.07) is 4.29. The SMILES string of the molecule is Cc1cc(CN2CCN(C(=O)OC(C)C)CC2)c(C)c(Nc2nnc(C(O)CO)o2)c1. The minimum absolute atomic E-state index is 0.0376. The van der Waals surface area contributed by atoms with E-state index in [2.05, 4.69) is 26.5 Å². The monoisotopic (exact) mass is 433 g/mol. The maximum absolute atomic E-state index is 12.1. The Bertz CT molecular complexity index is 892. The van der Waals surface area contributed by atoms with E-state index in [0.717, 1.165) is 42.0 Å². The standard InChI is InChI=1S/C21H31N5O5/c1-13(2)30-21(29)26-7-5-25(6-8-26)11-16-9-14(3)10-17(15(16)4)22-20-24-23-19(31-20)18(28)12-27/h9-10,13,18,27-28H,5-8,11-12H2,1-4H3,(H,22,24). The summed E-state index contributed by atoms with van der Waals surface area (Å²) in [4.78, 5) is 16.1. The number of nitrogens with one attached hydrogen (secondary N) is 1. The molecule has 1 saturated heterocycles. The molecule has 1 atom stereocenters. The number of ether oxygens (including phenoxy) is 1. The highest BCUT2D eigenvalue weighted by Gasteiger charge is 2.23. The van der Waals surface area contributed by atoms with Crippen LogP contribution in [0, 0.1) is 13.8 Å². The van der Waals surface area contributed by atoms with Crippen molar-refractivity contribution in [1.82, 2.24) is 20.0 Å². The number of nitrogens with zero attached hydrogens (tertiary/aromatic N) is 4. The number of benzene rings is 1. The Hall–Kier alpha value is -2.69. The molecule has 3 N–H and O–H groups in total. The summed E-state index contributed by atoms with van der Waals surface area (Å²) < 4.78 is 10.7. The maximum atomic E-state index is 12.1. The van der Waals surface area contributed by atoms with Crippen molar-refractivity contribution in [3.8, 4) is 0 Å². The van der Waals surface area contributed by atoms with E-state index in [0.29, 0.717) is 13.1 Å². The first-order valence-corrected chi connectivity index (χ1v) is 10.4. The van der Waals surface area contributed by atoms with E-state index in [4.69, 9.17) is 14.3 Å². The van der Waals surface area contributed by atoms with Gasteiger partial charge in [0.05, 0.1) is 12.7 Å². The molecule has 3 rings (SSSR count). The van der Waals surface area contributed by atoms with Gasteiger partial charge in [-0.05, 0) is 50.5 Å². The molecule has 1 aromatic carbocycles. The van der Waals surface area contributed by atoms with Gasteiger partial charge in [0, 0.05) is 38.4 Å². The molecule has 1 aliphatic rings. The lowest BCUT2D eigenvalue weighted by Crippen LogP contribution is -2.48. The summed E-state index contributed by atoms with van der Waals surface area (Å²) in [6.07, 6.45) is -1.57. The normalized spacial score (nSPS) is 15.9. The van der Waals surface area contributed by atoms with Crippen molar-refractivity contribution in [3.63, 3.8) is 0 Å². The van der Waals surface area contributed by atoms with Crippen molar-refractivity contribution < 1.29 is 24.2 Å². The van der Waals surface area contributed by atoms with E-state index in [1.807, 2.05) is 33.8 Å². The number of aliphatic hydroxyl groups excluding tert-OH is 2.